The van der Waals surface area contributed by atoms with E-state index in [0.717, 1.165) is 6.42 Å². The molecule has 2 bridgehead atoms. The lowest BCUT2D eigenvalue weighted by molar-refractivity contribution is -0.179. The zero-order valence-electron chi connectivity index (χ0n) is 18.2. The smallest absolute Gasteiger partial charge is 0.274 e. The summed E-state index contributed by atoms with van der Waals surface area (Å²) in [6, 6.07) is 0.411. The Labute approximate surface area is 191 Å². The number of aromatic hydroxyl groups is 1. The second kappa shape index (κ2) is 7.86. The monoisotopic (exact) mass is 477 g/mol. The fraction of sp³-hybridized carbons (Fsp3) is 0.435. The van der Waals surface area contributed by atoms with Crippen LogP contribution in [0.2, 0.25) is 0 Å². The molecule has 2 unspecified atom stereocenters. The van der Waals surface area contributed by atoms with E-state index in [9.17, 15) is 32.7 Å². The van der Waals surface area contributed by atoms with E-state index in [4.69, 9.17) is 4.74 Å². The normalized spacial score (nSPS) is 25.5. The minimum absolute atomic E-state index is 0.120. The number of ether oxygens (including phenoxy) is 1. The number of benzene rings is 1. The first-order valence-electron chi connectivity index (χ1n) is 11.0. The number of nitrogens with one attached hydrogen (secondary N) is 1. The zero-order chi connectivity index (χ0) is 24.4. The second-order valence-corrected chi connectivity index (χ2v) is 9.03. The molecular weight excluding hydrogens is 455 g/mol. The van der Waals surface area contributed by atoms with Gasteiger partial charge in [0.25, 0.3) is 11.8 Å². The summed E-state index contributed by atoms with van der Waals surface area (Å²) >= 11 is 0. The van der Waals surface area contributed by atoms with Crippen LogP contribution in [-0.4, -0.2) is 51.2 Å². The third kappa shape index (κ3) is 3.29. The van der Waals surface area contributed by atoms with Gasteiger partial charge in [0.15, 0.2) is 11.4 Å². The van der Waals surface area contributed by atoms with Crippen molar-refractivity contribution in [1.82, 2.24) is 14.8 Å². The van der Waals surface area contributed by atoms with E-state index in [1.807, 2.05) is 6.92 Å². The predicted octanol–water partition coefficient (Wildman–Crippen LogP) is 2.24. The van der Waals surface area contributed by atoms with Crippen LogP contribution >= 0.6 is 0 Å². The van der Waals surface area contributed by atoms with Gasteiger partial charge >= 0.3 is 0 Å². The summed E-state index contributed by atoms with van der Waals surface area (Å²) in [6.45, 7) is 2.08. The van der Waals surface area contributed by atoms with Gasteiger partial charge in [0.1, 0.15) is 23.0 Å². The fourth-order valence-corrected chi connectivity index (χ4v) is 5.14. The molecule has 3 aliphatic heterocycles. The van der Waals surface area contributed by atoms with Crippen LogP contribution in [0.15, 0.2) is 23.1 Å². The molecule has 0 radical (unpaired) electrons. The fourth-order valence-electron chi connectivity index (χ4n) is 5.14. The topological polar surface area (TPSA) is 101 Å². The molecule has 2 fully saturated rings. The van der Waals surface area contributed by atoms with Crippen molar-refractivity contribution in [2.45, 2.75) is 50.4 Å². The summed E-state index contributed by atoms with van der Waals surface area (Å²) in [5.41, 5.74) is -2.95. The van der Waals surface area contributed by atoms with E-state index in [1.165, 1.54) is 10.8 Å². The molecule has 4 heterocycles. The lowest BCUT2D eigenvalue weighted by Gasteiger charge is -2.49. The van der Waals surface area contributed by atoms with Crippen molar-refractivity contribution >= 4 is 11.8 Å². The molecule has 8 nitrogen and oxygen atoms in total. The zero-order valence-corrected chi connectivity index (χ0v) is 18.2. The lowest BCUT2D eigenvalue weighted by atomic mass is 9.81. The summed E-state index contributed by atoms with van der Waals surface area (Å²) in [5, 5.41) is 12.9. The van der Waals surface area contributed by atoms with Crippen LogP contribution in [0.3, 0.4) is 0 Å². The Morgan fingerprint density at radius 2 is 1.91 bits per heavy atom. The van der Waals surface area contributed by atoms with Crippen molar-refractivity contribution in [2.75, 3.05) is 13.2 Å². The molecule has 3 atom stereocenters. The van der Waals surface area contributed by atoms with Gasteiger partial charge in [-0.25, -0.2) is 13.2 Å². The molecule has 5 rings (SSSR count). The molecule has 0 saturated carbocycles. The number of carbonyl (C=O) groups is 2. The maximum atomic E-state index is 13.9. The highest BCUT2D eigenvalue weighted by Gasteiger charge is 2.53. The van der Waals surface area contributed by atoms with Crippen LogP contribution in [0.1, 0.15) is 58.6 Å². The Hall–Kier alpha value is -3.34. The van der Waals surface area contributed by atoms with Crippen molar-refractivity contribution in [3.8, 4) is 5.75 Å². The number of carbonyl (C=O) groups excluding carboxylic acids is 2. The Morgan fingerprint density at radius 1 is 1.24 bits per heavy atom. The molecule has 2 saturated heterocycles. The summed E-state index contributed by atoms with van der Waals surface area (Å²) in [4.78, 5) is 40.4. The minimum atomic E-state index is -1.19. The summed E-state index contributed by atoms with van der Waals surface area (Å²) in [5.74, 6) is -5.87. The first kappa shape index (κ1) is 22.5. The number of rotatable bonds is 3. The predicted molar refractivity (Wildman–Crippen MR) is 112 cm³/mol. The molecule has 0 aliphatic carbocycles. The van der Waals surface area contributed by atoms with Crippen molar-refractivity contribution in [2.24, 2.45) is 0 Å². The summed E-state index contributed by atoms with van der Waals surface area (Å²) in [7, 11) is 0. The third-order valence-electron chi connectivity index (χ3n) is 7.19. The molecule has 1 aromatic heterocycles. The van der Waals surface area contributed by atoms with Gasteiger partial charge < -0.3 is 24.6 Å². The molecule has 1 aromatic carbocycles. The number of nitrogens with zero attached hydrogens (tertiary/aromatic N) is 2. The van der Waals surface area contributed by atoms with Crippen LogP contribution in [0.4, 0.5) is 13.2 Å². The maximum Gasteiger partial charge on any atom is 0.274 e. The van der Waals surface area contributed by atoms with E-state index >= 15 is 0 Å². The van der Waals surface area contributed by atoms with Gasteiger partial charge in [0.2, 0.25) is 5.43 Å². The Bertz CT molecular complexity index is 1250. The van der Waals surface area contributed by atoms with E-state index in [2.05, 4.69) is 5.32 Å². The van der Waals surface area contributed by atoms with Crippen LogP contribution < -0.4 is 10.7 Å². The van der Waals surface area contributed by atoms with Gasteiger partial charge in [-0.15, -0.1) is 0 Å². The van der Waals surface area contributed by atoms with Crippen LogP contribution in [0, 0.1) is 17.5 Å². The molecule has 1 spiro atoms. The van der Waals surface area contributed by atoms with Gasteiger partial charge in [0.05, 0.1) is 18.2 Å². The Balaban J connectivity index is 1.53. The van der Waals surface area contributed by atoms with Gasteiger partial charge in [-0.3, -0.25) is 14.4 Å². The summed E-state index contributed by atoms with van der Waals surface area (Å²) in [6.07, 6.45) is 3.27. The highest BCUT2D eigenvalue weighted by atomic mass is 19.1. The largest absolute Gasteiger partial charge is 0.503 e. The molecular formula is C23H22F3N3O5. The maximum absolute atomic E-state index is 13.9. The van der Waals surface area contributed by atoms with E-state index in [0.29, 0.717) is 38.1 Å². The number of fused-ring (bicyclic) bond motifs is 5. The first-order chi connectivity index (χ1) is 16.1. The quantitative estimate of drug-likeness (QED) is 0.706. The molecule has 3 aliphatic rings. The minimum Gasteiger partial charge on any atom is -0.503 e. The van der Waals surface area contributed by atoms with Gasteiger partial charge in [0, 0.05) is 49.4 Å². The number of hydrogen-bond donors (Lipinski definition) is 2. The highest BCUT2D eigenvalue weighted by molar-refractivity contribution is 5.99. The van der Waals surface area contributed by atoms with Crippen molar-refractivity contribution < 1.29 is 32.6 Å². The van der Waals surface area contributed by atoms with Gasteiger partial charge in [-0.2, -0.15) is 0 Å². The molecule has 11 heteroatoms. The molecule has 180 valence electrons. The lowest BCUT2D eigenvalue weighted by Crippen LogP contribution is -2.56. The number of aromatic nitrogens is 1. The van der Waals surface area contributed by atoms with Crippen molar-refractivity contribution in [3.05, 3.63) is 62.8 Å². The average molecular weight is 477 g/mol. The third-order valence-corrected chi connectivity index (χ3v) is 7.19. The highest BCUT2D eigenvalue weighted by Crippen LogP contribution is 2.47. The molecule has 2 aromatic rings. The second-order valence-electron chi connectivity index (χ2n) is 9.03. The standard InChI is InChI=1S/C23H22F3N3O5/c1-11-2-3-23(4-5-34-23)17-10-28(11)22(33)18-20(31)19(30)14(9-29(17)18)21(32)27-8-13-15(25)6-12(24)7-16(13)26/h6-7,9,11,17,31H,2-5,8,10H2,1H3,(H,27,32)/t11?,17?,23-/m1/s1. The molecule has 2 N–H and O–H groups in total. The number of halogens is 3. The van der Waals surface area contributed by atoms with Crippen LogP contribution in [0.25, 0.3) is 0 Å². The summed E-state index contributed by atoms with van der Waals surface area (Å²) < 4.78 is 48.4. The van der Waals surface area contributed by atoms with E-state index < -0.39 is 69.8 Å². The number of pyridine rings is 1. The average Bonchev–Trinajstić information content (AvgIpc) is 2.88. The van der Waals surface area contributed by atoms with Crippen LogP contribution in [0.5, 0.6) is 5.75 Å². The van der Waals surface area contributed by atoms with E-state index in [-0.39, 0.29) is 11.7 Å². The van der Waals surface area contributed by atoms with Crippen LogP contribution in [-0.2, 0) is 11.3 Å². The van der Waals surface area contributed by atoms with Gasteiger partial charge in [-0.05, 0) is 19.8 Å². The number of hydrogen-bond acceptors (Lipinski definition) is 5. The van der Waals surface area contributed by atoms with Crippen molar-refractivity contribution in [1.29, 1.82) is 0 Å². The number of amides is 2. The molecule has 2 amide bonds. The molecule has 34 heavy (non-hydrogen) atoms. The first-order valence-corrected chi connectivity index (χ1v) is 11.0. The van der Waals surface area contributed by atoms with Crippen molar-refractivity contribution in [3.63, 3.8) is 0 Å². The Morgan fingerprint density at radius 3 is 2.53 bits per heavy atom. The SMILES string of the molecule is CC1CC[C@@]2(CCO2)C2CN1C(=O)c1c(O)c(=O)c(C(=O)NCc3c(F)cc(F)cc3F)cn12. The van der Waals surface area contributed by atoms with Gasteiger partial charge in [-0.1, -0.05) is 0 Å². The van der Waals surface area contributed by atoms with E-state index in [1.54, 1.807) is 4.90 Å². The Kier molecular flexibility index (Phi) is 5.19.